The number of aliphatic imine (C=N–C) groups is 1. The standard InChI is InChI=1S/C20H31N5.HI/c1-6-16-8-10-18(11-9-16)20(3,4)15-23-19(21-7-2)22-12-17-13-24-25(5)14-17;/h8-11,13-14H,6-7,12,15H2,1-5H3,(H2,21,22,23);1H. The Bertz CT molecular complexity index is 688. The summed E-state index contributed by atoms with van der Waals surface area (Å²) in [6.45, 7) is 11.0. The van der Waals surface area contributed by atoms with Crippen LogP contribution in [0.1, 0.15) is 44.4 Å². The van der Waals surface area contributed by atoms with Crippen LogP contribution in [0.4, 0.5) is 0 Å². The van der Waals surface area contributed by atoms with Gasteiger partial charge in [-0.05, 0) is 24.5 Å². The summed E-state index contributed by atoms with van der Waals surface area (Å²) in [5.41, 5.74) is 3.84. The third kappa shape index (κ3) is 6.63. The van der Waals surface area contributed by atoms with Crippen LogP contribution in [0.2, 0.25) is 0 Å². The number of hydrogen-bond donors (Lipinski definition) is 2. The molecule has 0 aliphatic heterocycles. The van der Waals surface area contributed by atoms with Crippen molar-refractivity contribution in [3.8, 4) is 0 Å². The molecule has 6 heteroatoms. The molecule has 0 radical (unpaired) electrons. The summed E-state index contributed by atoms with van der Waals surface area (Å²) in [5, 5.41) is 11.0. The van der Waals surface area contributed by atoms with Crippen LogP contribution in [-0.2, 0) is 25.4 Å². The van der Waals surface area contributed by atoms with E-state index in [4.69, 9.17) is 0 Å². The first-order valence-electron chi connectivity index (χ1n) is 9.03. The van der Waals surface area contributed by atoms with Crippen molar-refractivity contribution in [2.45, 2.75) is 46.1 Å². The summed E-state index contributed by atoms with van der Waals surface area (Å²) in [7, 11) is 1.92. The summed E-state index contributed by atoms with van der Waals surface area (Å²) < 4.78 is 1.80. The number of nitrogens with one attached hydrogen (secondary N) is 2. The lowest BCUT2D eigenvalue weighted by molar-refractivity contribution is 0.508. The van der Waals surface area contributed by atoms with E-state index in [0.717, 1.165) is 31.0 Å². The van der Waals surface area contributed by atoms with Gasteiger partial charge in [0.2, 0.25) is 0 Å². The van der Waals surface area contributed by atoms with E-state index in [1.165, 1.54) is 11.1 Å². The van der Waals surface area contributed by atoms with E-state index in [-0.39, 0.29) is 29.4 Å². The third-order valence-corrected chi connectivity index (χ3v) is 4.36. The molecular formula is C20H32IN5. The molecule has 1 aromatic carbocycles. The molecule has 1 heterocycles. The molecule has 0 unspecified atom stereocenters. The second-order valence-electron chi connectivity index (χ2n) is 7.01. The summed E-state index contributed by atoms with van der Waals surface area (Å²) in [6.07, 6.45) is 4.92. The SMILES string of the molecule is CCNC(=NCc1cnn(C)c1)NCC(C)(C)c1ccc(CC)cc1.I. The van der Waals surface area contributed by atoms with Gasteiger partial charge in [-0.2, -0.15) is 5.10 Å². The molecule has 1 aromatic heterocycles. The lowest BCUT2D eigenvalue weighted by atomic mass is 9.84. The molecule has 0 saturated heterocycles. The summed E-state index contributed by atoms with van der Waals surface area (Å²) >= 11 is 0. The second-order valence-corrected chi connectivity index (χ2v) is 7.01. The van der Waals surface area contributed by atoms with Gasteiger partial charge in [0.1, 0.15) is 0 Å². The number of halogens is 1. The number of guanidine groups is 1. The van der Waals surface area contributed by atoms with Crippen molar-refractivity contribution in [2.75, 3.05) is 13.1 Å². The number of aromatic nitrogens is 2. The van der Waals surface area contributed by atoms with E-state index in [0.29, 0.717) is 6.54 Å². The van der Waals surface area contributed by atoms with E-state index >= 15 is 0 Å². The molecule has 0 aliphatic carbocycles. The first kappa shape index (κ1) is 22.5. The number of benzene rings is 1. The van der Waals surface area contributed by atoms with Crippen LogP contribution >= 0.6 is 24.0 Å². The minimum absolute atomic E-state index is 0. The van der Waals surface area contributed by atoms with Gasteiger partial charge in [-0.3, -0.25) is 4.68 Å². The average Bonchev–Trinajstić information content (AvgIpc) is 3.03. The Labute approximate surface area is 174 Å². The quantitative estimate of drug-likeness (QED) is 0.370. The lowest BCUT2D eigenvalue weighted by Crippen LogP contribution is -2.43. The fourth-order valence-electron chi connectivity index (χ4n) is 2.66. The fourth-order valence-corrected chi connectivity index (χ4v) is 2.66. The Hall–Kier alpha value is -1.57. The molecule has 2 aromatic rings. The normalized spacial score (nSPS) is 11.8. The van der Waals surface area contributed by atoms with Gasteiger partial charge < -0.3 is 10.6 Å². The Morgan fingerprint density at radius 3 is 2.35 bits per heavy atom. The van der Waals surface area contributed by atoms with Crippen LogP contribution in [0.15, 0.2) is 41.7 Å². The molecule has 26 heavy (non-hydrogen) atoms. The van der Waals surface area contributed by atoms with Crippen LogP contribution in [0.25, 0.3) is 0 Å². The van der Waals surface area contributed by atoms with Crippen molar-refractivity contribution in [3.63, 3.8) is 0 Å². The van der Waals surface area contributed by atoms with Crippen molar-refractivity contribution in [3.05, 3.63) is 53.3 Å². The zero-order valence-electron chi connectivity index (χ0n) is 16.5. The van der Waals surface area contributed by atoms with Gasteiger partial charge in [0.05, 0.1) is 12.7 Å². The van der Waals surface area contributed by atoms with Crippen LogP contribution in [0.3, 0.4) is 0 Å². The minimum atomic E-state index is 0. The first-order chi connectivity index (χ1) is 11.9. The molecule has 0 amide bonds. The van der Waals surface area contributed by atoms with Crippen molar-refractivity contribution < 1.29 is 0 Å². The van der Waals surface area contributed by atoms with Crippen molar-refractivity contribution >= 4 is 29.9 Å². The summed E-state index contributed by atoms with van der Waals surface area (Å²) in [4.78, 5) is 4.66. The Morgan fingerprint density at radius 2 is 1.81 bits per heavy atom. The average molecular weight is 469 g/mol. The summed E-state index contributed by atoms with van der Waals surface area (Å²) in [5.74, 6) is 0.838. The zero-order valence-corrected chi connectivity index (χ0v) is 18.9. The topological polar surface area (TPSA) is 54.2 Å². The fraction of sp³-hybridized carbons (Fsp3) is 0.500. The van der Waals surface area contributed by atoms with Crippen molar-refractivity contribution in [1.29, 1.82) is 0 Å². The molecule has 0 bridgehead atoms. The molecule has 0 spiro atoms. The third-order valence-electron chi connectivity index (χ3n) is 4.36. The molecule has 2 rings (SSSR count). The number of rotatable bonds is 7. The van der Waals surface area contributed by atoms with E-state index in [2.05, 4.69) is 72.7 Å². The lowest BCUT2D eigenvalue weighted by Gasteiger charge is -2.27. The monoisotopic (exact) mass is 469 g/mol. The Morgan fingerprint density at radius 1 is 1.12 bits per heavy atom. The molecular weight excluding hydrogens is 437 g/mol. The molecule has 0 aliphatic rings. The van der Waals surface area contributed by atoms with Crippen LogP contribution in [-0.4, -0.2) is 28.8 Å². The highest BCUT2D eigenvalue weighted by Gasteiger charge is 2.20. The predicted molar refractivity (Wildman–Crippen MR) is 120 cm³/mol. The highest BCUT2D eigenvalue weighted by atomic mass is 127. The summed E-state index contributed by atoms with van der Waals surface area (Å²) in [6, 6.07) is 8.91. The van der Waals surface area contributed by atoms with Crippen LogP contribution in [0, 0.1) is 0 Å². The number of aryl methyl sites for hydroxylation is 2. The van der Waals surface area contributed by atoms with Crippen LogP contribution < -0.4 is 10.6 Å². The number of hydrogen-bond acceptors (Lipinski definition) is 2. The largest absolute Gasteiger partial charge is 0.357 e. The van der Waals surface area contributed by atoms with Crippen molar-refractivity contribution in [2.24, 2.45) is 12.0 Å². The molecule has 0 saturated carbocycles. The van der Waals surface area contributed by atoms with E-state index in [9.17, 15) is 0 Å². The van der Waals surface area contributed by atoms with Gasteiger partial charge in [-0.1, -0.05) is 45.0 Å². The van der Waals surface area contributed by atoms with Gasteiger partial charge >= 0.3 is 0 Å². The predicted octanol–water partition coefficient (Wildman–Crippen LogP) is 3.63. The zero-order chi connectivity index (χ0) is 18.3. The Balaban J connectivity index is 0.00000338. The Kier molecular flexibility index (Phi) is 9.12. The molecule has 2 N–H and O–H groups in total. The molecule has 0 fully saturated rings. The van der Waals surface area contributed by atoms with Gasteiger partial charge in [0, 0.05) is 37.3 Å². The molecule has 5 nitrogen and oxygen atoms in total. The van der Waals surface area contributed by atoms with Gasteiger partial charge in [0.15, 0.2) is 5.96 Å². The van der Waals surface area contributed by atoms with Crippen molar-refractivity contribution in [1.82, 2.24) is 20.4 Å². The highest BCUT2D eigenvalue weighted by molar-refractivity contribution is 14.0. The second kappa shape index (κ2) is 10.5. The smallest absolute Gasteiger partial charge is 0.191 e. The van der Waals surface area contributed by atoms with Gasteiger partial charge in [-0.25, -0.2) is 4.99 Å². The molecule has 0 atom stereocenters. The minimum Gasteiger partial charge on any atom is -0.357 e. The van der Waals surface area contributed by atoms with E-state index in [1.807, 2.05) is 19.4 Å². The maximum Gasteiger partial charge on any atom is 0.191 e. The van der Waals surface area contributed by atoms with E-state index < -0.39 is 0 Å². The van der Waals surface area contributed by atoms with Gasteiger partial charge in [-0.15, -0.1) is 24.0 Å². The highest BCUT2D eigenvalue weighted by Crippen LogP contribution is 2.22. The molecule has 144 valence electrons. The van der Waals surface area contributed by atoms with Gasteiger partial charge in [0.25, 0.3) is 0 Å². The van der Waals surface area contributed by atoms with E-state index in [1.54, 1.807) is 4.68 Å². The first-order valence-corrected chi connectivity index (χ1v) is 9.03. The number of nitrogens with zero attached hydrogens (tertiary/aromatic N) is 3. The van der Waals surface area contributed by atoms with Crippen LogP contribution in [0.5, 0.6) is 0 Å². The maximum atomic E-state index is 4.66. The maximum absolute atomic E-state index is 4.66.